The third kappa shape index (κ3) is 6.96. The van der Waals surface area contributed by atoms with Gasteiger partial charge in [0.15, 0.2) is 5.96 Å². The van der Waals surface area contributed by atoms with Gasteiger partial charge in [-0.15, -0.1) is 0 Å². The van der Waals surface area contributed by atoms with Crippen molar-refractivity contribution in [3.8, 4) is 5.75 Å². The van der Waals surface area contributed by atoms with E-state index in [9.17, 15) is 10.1 Å². The molecular formula is C23H30N4O4. The maximum absolute atomic E-state index is 11.0. The molecule has 1 aliphatic heterocycles. The Bertz CT molecular complexity index is 910. The molecule has 2 aromatic carbocycles. The summed E-state index contributed by atoms with van der Waals surface area (Å²) in [4.78, 5) is 15.1. The summed E-state index contributed by atoms with van der Waals surface area (Å²) >= 11 is 0. The zero-order valence-corrected chi connectivity index (χ0v) is 18.1. The number of aryl methyl sites for hydroxylation is 1. The van der Waals surface area contributed by atoms with E-state index in [1.807, 2.05) is 19.9 Å². The lowest BCUT2D eigenvalue weighted by atomic mass is 10.1. The maximum atomic E-state index is 11.0. The summed E-state index contributed by atoms with van der Waals surface area (Å²) < 4.78 is 11.6. The van der Waals surface area contributed by atoms with Gasteiger partial charge >= 0.3 is 0 Å². The van der Waals surface area contributed by atoms with Crippen LogP contribution in [0.2, 0.25) is 0 Å². The quantitative estimate of drug-likeness (QED) is 0.275. The Hall–Kier alpha value is -3.13. The number of nitro benzene ring substituents is 1. The highest BCUT2D eigenvalue weighted by Gasteiger charge is 2.17. The lowest BCUT2D eigenvalue weighted by Gasteiger charge is -2.17. The molecule has 8 nitrogen and oxygen atoms in total. The Morgan fingerprint density at radius 1 is 1.29 bits per heavy atom. The number of aliphatic imine (C=N–C) groups is 1. The van der Waals surface area contributed by atoms with Gasteiger partial charge in [-0.3, -0.25) is 10.1 Å². The minimum Gasteiger partial charge on any atom is -0.493 e. The molecule has 3 rings (SSSR count). The summed E-state index contributed by atoms with van der Waals surface area (Å²) in [7, 11) is 0. The Kier molecular flexibility index (Phi) is 8.23. The second kappa shape index (κ2) is 11.3. The summed E-state index contributed by atoms with van der Waals surface area (Å²) in [5, 5.41) is 17.5. The number of benzene rings is 2. The second-order valence-electron chi connectivity index (χ2n) is 7.63. The molecule has 0 bridgehead atoms. The van der Waals surface area contributed by atoms with E-state index in [0.29, 0.717) is 38.1 Å². The Morgan fingerprint density at radius 3 is 2.90 bits per heavy atom. The van der Waals surface area contributed by atoms with E-state index in [2.05, 4.69) is 33.8 Å². The molecule has 0 spiro atoms. The second-order valence-corrected chi connectivity index (χ2v) is 7.63. The van der Waals surface area contributed by atoms with E-state index in [4.69, 9.17) is 9.47 Å². The van der Waals surface area contributed by atoms with Crippen LogP contribution in [0.1, 0.15) is 30.0 Å². The molecule has 0 aliphatic carbocycles. The predicted octanol–water partition coefficient (Wildman–Crippen LogP) is 3.57. The monoisotopic (exact) mass is 426 g/mol. The van der Waals surface area contributed by atoms with Crippen molar-refractivity contribution in [2.45, 2.75) is 33.4 Å². The van der Waals surface area contributed by atoms with E-state index in [-0.39, 0.29) is 5.69 Å². The van der Waals surface area contributed by atoms with Crippen molar-refractivity contribution in [2.24, 2.45) is 10.9 Å². The van der Waals surface area contributed by atoms with Crippen LogP contribution in [0, 0.1) is 23.0 Å². The predicted molar refractivity (Wildman–Crippen MR) is 120 cm³/mol. The molecule has 8 heteroatoms. The van der Waals surface area contributed by atoms with Gasteiger partial charge in [0.25, 0.3) is 5.69 Å². The van der Waals surface area contributed by atoms with Crippen LogP contribution in [-0.2, 0) is 17.8 Å². The van der Waals surface area contributed by atoms with Gasteiger partial charge in [-0.25, -0.2) is 4.99 Å². The molecular weight excluding hydrogens is 396 g/mol. The number of hydrogen-bond acceptors (Lipinski definition) is 5. The highest BCUT2D eigenvalue weighted by molar-refractivity contribution is 5.79. The van der Waals surface area contributed by atoms with Gasteiger partial charge in [0, 0.05) is 43.3 Å². The van der Waals surface area contributed by atoms with Gasteiger partial charge in [-0.05, 0) is 37.5 Å². The number of nitrogens with one attached hydrogen (secondary N) is 2. The van der Waals surface area contributed by atoms with Crippen molar-refractivity contribution in [1.82, 2.24) is 10.6 Å². The summed E-state index contributed by atoms with van der Waals surface area (Å²) in [5.74, 6) is 1.95. The van der Waals surface area contributed by atoms with Crippen molar-refractivity contribution in [3.63, 3.8) is 0 Å². The zero-order chi connectivity index (χ0) is 22.1. The highest BCUT2D eigenvalue weighted by atomic mass is 16.6. The van der Waals surface area contributed by atoms with Crippen LogP contribution in [0.4, 0.5) is 5.69 Å². The van der Waals surface area contributed by atoms with E-state index in [0.717, 1.165) is 42.1 Å². The third-order valence-electron chi connectivity index (χ3n) is 5.05. The normalized spacial score (nSPS) is 16.2. The number of ether oxygens (including phenoxy) is 2. The molecule has 31 heavy (non-hydrogen) atoms. The summed E-state index contributed by atoms with van der Waals surface area (Å²) in [6.45, 7) is 7.87. The Morgan fingerprint density at radius 2 is 2.16 bits per heavy atom. The van der Waals surface area contributed by atoms with Crippen LogP contribution in [0.15, 0.2) is 47.5 Å². The van der Waals surface area contributed by atoms with Gasteiger partial charge in [-0.2, -0.15) is 0 Å². The molecule has 2 aromatic rings. The fourth-order valence-electron chi connectivity index (χ4n) is 3.32. The molecule has 0 amide bonds. The van der Waals surface area contributed by atoms with Crippen LogP contribution < -0.4 is 15.4 Å². The van der Waals surface area contributed by atoms with Crippen molar-refractivity contribution in [1.29, 1.82) is 0 Å². The molecule has 1 saturated heterocycles. The fraction of sp³-hybridized carbons (Fsp3) is 0.435. The molecule has 0 aromatic heterocycles. The number of hydrogen-bond donors (Lipinski definition) is 2. The lowest BCUT2D eigenvalue weighted by molar-refractivity contribution is -0.384. The minimum atomic E-state index is -0.396. The first-order valence-corrected chi connectivity index (χ1v) is 10.6. The lowest BCUT2D eigenvalue weighted by Crippen LogP contribution is -2.36. The largest absolute Gasteiger partial charge is 0.493 e. The first kappa shape index (κ1) is 22.6. The Balaban J connectivity index is 1.64. The molecule has 1 fully saturated rings. The number of rotatable bonds is 9. The maximum Gasteiger partial charge on any atom is 0.269 e. The first-order chi connectivity index (χ1) is 15.0. The highest BCUT2D eigenvalue weighted by Crippen LogP contribution is 2.22. The average molecular weight is 427 g/mol. The molecule has 0 saturated carbocycles. The smallest absolute Gasteiger partial charge is 0.269 e. The summed E-state index contributed by atoms with van der Waals surface area (Å²) in [5.41, 5.74) is 3.04. The van der Waals surface area contributed by atoms with E-state index < -0.39 is 4.92 Å². The number of nitro groups is 1. The van der Waals surface area contributed by atoms with Gasteiger partial charge in [0.1, 0.15) is 5.75 Å². The first-order valence-electron chi connectivity index (χ1n) is 10.6. The SMILES string of the molecule is CCNC(=NCc1cccc([N+](=O)[O-])c1)NCc1ccc(C)cc1OCC1CCOC1. The van der Waals surface area contributed by atoms with E-state index >= 15 is 0 Å². The number of non-ortho nitro benzene ring substituents is 1. The van der Waals surface area contributed by atoms with Crippen LogP contribution in [0.3, 0.4) is 0 Å². The molecule has 1 aliphatic rings. The molecule has 2 N–H and O–H groups in total. The summed E-state index contributed by atoms with van der Waals surface area (Å²) in [6.07, 6.45) is 1.04. The topological polar surface area (TPSA) is 98.0 Å². The van der Waals surface area contributed by atoms with Gasteiger partial charge in [-0.1, -0.05) is 24.3 Å². The van der Waals surface area contributed by atoms with Crippen molar-refractivity contribution < 1.29 is 14.4 Å². The van der Waals surface area contributed by atoms with Gasteiger partial charge in [0.2, 0.25) is 0 Å². The van der Waals surface area contributed by atoms with Gasteiger partial charge < -0.3 is 20.1 Å². The van der Waals surface area contributed by atoms with Crippen molar-refractivity contribution >= 4 is 11.6 Å². The van der Waals surface area contributed by atoms with Crippen molar-refractivity contribution in [2.75, 3.05) is 26.4 Å². The number of nitrogens with zero attached hydrogens (tertiary/aromatic N) is 2. The Labute approximate surface area is 182 Å². The van der Waals surface area contributed by atoms with Crippen LogP contribution in [-0.4, -0.2) is 37.2 Å². The van der Waals surface area contributed by atoms with Crippen LogP contribution in [0.25, 0.3) is 0 Å². The standard InChI is InChI=1S/C23H30N4O4/c1-3-24-23(25-13-18-5-4-6-21(12-18)27(28)29)26-14-20-8-7-17(2)11-22(20)31-16-19-9-10-30-15-19/h4-8,11-12,19H,3,9-10,13-16H2,1-2H3,(H2,24,25,26). The summed E-state index contributed by atoms with van der Waals surface area (Å²) in [6, 6.07) is 12.7. The molecule has 1 atom stereocenters. The number of guanidine groups is 1. The van der Waals surface area contributed by atoms with Crippen LogP contribution in [0.5, 0.6) is 5.75 Å². The van der Waals surface area contributed by atoms with Gasteiger partial charge in [0.05, 0.1) is 24.7 Å². The molecule has 1 heterocycles. The fourth-order valence-corrected chi connectivity index (χ4v) is 3.32. The molecule has 0 radical (unpaired) electrons. The van der Waals surface area contributed by atoms with E-state index in [1.54, 1.807) is 12.1 Å². The minimum absolute atomic E-state index is 0.0692. The van der Waals surface area contributed by atoms with E-state index in [1.165, 1.54) is 6.07 Å². The third-order valence-corrected chi connectivity index (χ3v) is 5.05. The van der Waals surface area contributed by atoms with Crippen molar-refractivity contribution in [3.05, 3.63) is 69.3 Å². The average Bonchev–Trinajstić information content (AvgIpc) is 3.29. The van der Waals surface area contributed by atoms with Crippen LogP contribution >= 0.6 is 0 Å². The zero-order valence-electron chi connectivity index (χ0n) is 18.1. The molecule has 1 unspecified atom stereocenters. The molecule has 166 valence electrons.